The third-order valence-electron chi connectivity index (χ3n) is 3.76. The highest BCUT2D eigenvalue weighted by atomic mass is 35.5. The van der Waals surface area contributed by atoms with Crippen molar-refractivity contribution in [2.75, 3.05) is 6.73 Å². The molecular weight excluding hydrogens is 272 g/mol. The SMILES string of the molecule is CC(C)(C)N1COc2c(cc(Cl)c3c2=NC=CCC=3)C1. The molecule has 0 radical (unpaired) electrons. The Bertz CT molecular complexity index is 686. The lowest BCUT2D eigenvalue weighted by molar-refractivity contribution is 0.0208. The molecule has 4 heteroatoms. The predicted molar refractivity (Wildman–Crippen MR) is 81.2 cm³/mol. The Morgan fingerprint density at radius 2 is 2.15 bits per heavy atom. The number of hydrogen-bond donors (Lipinski definition) is 0. The minimum Gasteiger partial charge on any atom is -0.475 e. The normalized spacial score (nSPS) is 18.2. The first-order valence-corrected chi connectivity index (χ1v) is 7.27. The van der Waals surface area contributed by atoms with E-state index in [0.717, 1.165) is 39.9 Å². The quantitative estimate of drug-likeness (QED) is 0.734. The summed E-state index contributed by atoms with van der Waals surface area (Å²) in [6.07, 6.45) is 6.80. The van der Waals surface area contributed by atoms with Crippen LogP contribution >= 0.6 is 11.6 Å². The molecule has 0 atom stereocenters. The van der Waals surface area contributed by atoms with Gasteiger partial charge in [0.25, 0.3) is 0 Å². The molecule has 0 fully saturated rings. The van der Waals surface area contributed by atoms with Gasteiger partial charge in [0.2, 0.25) is 0 Å². The highest BCUT2D eigenvalue weighted by molar-refractivity contribution is 6.30. The van der Waals surface area contributed by atoms with Gasteiger partial charge in [0.1, 0.15) is 12.1 Å². The van der Waals surface area contributed by atoms with E-state index in [1.165, 1.54) is 0 Å². The lowest BCUT2D eigenvalue weighted by Gasteiger charge is -2.38. The molecule has 0 amide bonds. The average molecular weight is 291 g/mol. The molecule has 0 aliphatic carbocycles. The molecule has 0 aromatic heterocycles. The summed E-state index contributed by atoms with van der Waals surface area (Å²) in [4.78, 5) is 6.79. The lowest BCUT2D eigenvalue weighted by atomic mass is 10.0. The second-order valence-corrected chi connectivity index (χ2v) is 6.61. The van der Waals surface area contributed by atoms with Gasteiger partial charge >= 0.3 is 0 Å². The first kappa shape index (κ1) is 13.7. The van der Waals surface area contributed by atoms with Crippen molar-refractivity contribution in [3.63, 3.8) is 0 Å². The Morgan fingerprint density at radius 1 is 1.35 bits per heavy atom. The summed E-state index contributed by atoms with van der Waals surface area (Å²) in [5.41, 5.74) is 1.18. The van der Waals surface area contributed by atoms with Crippen LogP contribution in [0.15, 0.2) is 23.3 Å². The topological polar surface area (TPSA) is 24.8 Å². The summed E-state index contributed by atoms with van der Waals surface area (Å²) in [7, 11) is 0. The van der Waals surface area contributed by atoms with Gasteiger partial charge in [-0.3, -0.25) is 9.89 Å². The van der Waals surface area contributed by atoms with Crippen molar-refractivity contribution >= 4 is 17.7 Å². The van der Waals surface area contributed by atoms with Crippen LogP contribution in [0.25, 0.3) is 6.08 Å². The largest absolute Gasteiger partial charge is 0.475 e. The number of fused-ring (bicyclic) bond motifs is 3. The Morgan fingerprint density at radius 3 is 2.90 bits per heavy atom. The molecule has 2 aliphatic heterocycles. The summed E-state index contributed by atoms with van der Waals surface area (Å²) < 4.78 is 5.99. The van der Waals surface area contributed by atoms with Crippen LogP contribution in [-0.4, -0.2) is 17.2 Å². The maximum atomic E-state index is 6.42. The maximum absolute atomic E-state index is 6.42. The molecule has 1 aromatic carbocycles. The summed E-state index contributed by atoms with van der Waals surface area (Å²) in [5, 5.41) is 2.61. The van der Waals surface area contributed by atoms with Gasteiger partial charge in [-0.2, -0.15) is 0 Å². The summed E-state index contributed by atoms with van der Waals surface area (Å²) >= 11 is 6.42. The number of halogens is 1. The molecule has 3 nitrogen and oxygen atoms in total. The second-order valence-electron chi connectivity index (χ2n) is 6.20. The van der Waals surface area contributed by atoms with E-state index in [2.05, 4.69) is 36.7 Å². The fourth-order valence-corrected chi connectivity index (χ4v) is 2.78. The van der Waals surface area contributed by atoms with Gasteiger partial charge in [-0.1, -0.05) is 23.8 Å². The summed E-state index contributed by atoms with van der Waals surface area (Å²) in [6.45, 7) is 7.99. The average Bonchev–Trinajstić information content (AvgIpc) is 2.63. The number of allylic oxidation sites excluding steroid dienone is 1. The number of rotatable bonds is 0. The standard InChI is InChI=1S/C16H19ClN2O/c1-16(2,3)19-9-11-8-13(17)12-6-4-5-7-18-14(12)15(11)20-10-19/h5-8H,4,9-10H2,1-3H3. The molecule has 0 spiro atoms. The van der Waals surface area contributed by atoms with Crippen LogP contribution in [-0.2, 0) is 6.54 Å². The molecule has 0 N–H and O–H groups in total. The number of ether oxygens (including phenoxy) is 1. The molecule has 0 saturated carbocycles. The van der Waals surface area contributed by atoms with E-state index in [0.29, 0.717) is 6.73 Å². The van der Waals surface area contributed by atoms with Gasteiger partial charge in [-0.25, -0.2) is 0 Å². The van der Waals surface area contributed by atoms with Gasteiger partial charge in [0, 0.05) is 29.1 Å². The van der Waals surface area contributed by atoms with Crippen LogP contribution < -0.4 is 15.3 Å². The zero-order valence-corrected chi connectivity index (χ0v) is 12.9. The molecule has 2 aliphatic rings. The van der Waals surface area contributed by atoms with Gasteiger partial charge in [-0.15, -0.1) is 0 Å². The maximum Gasteiger partial charge on any atom is 0.152 e. The summed E-state index contributed by atoms with van der Waals surface area (Å²) in [6, 6.07) is 2.02. The summed E-state index contributed by atoms with van der Waals surface area (Å²) in [5.74, 6) is 0.882. The third-order valence-corrected chi connectivity index (χ3v) is 4.07. The molecule has 20 heavy (non-hydrogen) atoms. The van der Waals surface area contributed by atoms with E-state index in [9.17, 15) is 0 Å². The molecule has 0 bridgehead atoms. The molecule has 0 unspecified atom stereocenters. The minimum atomic E-state index is 0.0696. The Labute approximate surface area is 124 Å². The van der Waals surface area contributed by atoms with Crippen molar-refractivity contribution in [1.29, 1.82) is 0 Å². The third kappa shape index (κ3) is 2.36. The van der Waals surface area contributed by atoms with E-state index in [4.69, 9.17) is 16.3 Å². The Kier molecular flexibility index (Phi) is 3.35. The molecule has 106 valence electrons. The zero-order valence-electron chi connectivity index (χ0n) is 12.1. The van der Waals surface area contributed by atoms with Crippen molar-refractivity contribution < 1.29 is 4.74 Å². The molecule has 2 heterocycles. The highest BCUT2D eigenvalue weighted by Crippen LogP contribution is 2.27. The minimum absolute atomic E-state index is 0.0696. The van der Waals surface area contributed by atoms with Crippen LogP contribution in [0, 0.1) is 0 Å². The monoisotopic (exact) mass is 290 g/mol. The number of hydrogen-bond acceptors (Lipinski definition) is 3. The van der Waals surface area contributed by atoms with Crippen molar-refractivity contribution in [2.45, 2.75) is 39.3 Å². The smallest absolute Gasteiger partial charge is 0.152 e. The van der Waals surface area contributed by atoms with Crippen LogP contribution in [0.4, 0.5) is 0 Å². The van der Waals surface area contributed by atoms with Crippen molar-refractivity contribution in [2.24, 2.45) is 4.99 Å². The van der Waals surface area contributed by atoms with Crippen molar-refractivity contribution in [3.8, 4) is 5.75 Å². The second kappa shape index (κ2) is 4.90. The zero-order chi connectivity index (χ0) is 14.3. The van der Waals surface area contributed by atoms with E-state index >= 15 is 0 Å². The van der Waals surface area contributed by atoms with Crippen molar-refractivity contribution in [1.82, 2.24) is 4.90 Å². The first-order chi connectivity index (χ1) is 9.47. The van der Waals surface area contributed by atoms with Gasteiger partial charge < -0.3 is 4.74 Å². The number of nitrogens with zero attached hydrogens (tertiary/aromatic N) is 2. The van der Waals surface area contributed by atoms with E-state index in [-0.39, 0.29) is 5.54 Å². The molecular formula is C16H19ClN2O. The van der Waals surface area contributed by atoms with E-state index < -0.39 is 0 Å². The van der Waals surface area contributed by atoms with E-state index in [1.807, 2.05) is 18.3 Å². The number of benzene rings is 1. The predicted octanol–water partition coefficient (Wildman–Crippen LogP) is 2.61. The fourth-order valence-electron chi connectivity index (χ4n) is 2.48. The van der Waals surface area contributed by atoms with Crippen LogP contribution in [0.1, 0.15) is 32.8 Å². The van der Waals surface area contributed by atoms with Gasteiger partial charge in [-0.05, 0) is 33.3 Å². The molecule has 1 aromatic rings. The van der Waals surface area contributed by atoms with Gasteiger partial charge in [0.05, 0.1) is 5.02 Å². The van der Waals surface area contributed by atoms with Crippen molar-refractivity contribution in [3.05, 3.63) is 39.5 Å². The Balaban J connectivity index is 2.15. The van der Waals surface area contributed by atoms with Gasteiger partial charge in [0.15, 0.2) is 5.75 Å². The van der Waals surface area contributed by atoms with Crippen LogP contribution in [0.3, 0.4) is 0 Å². The Hall–Kier alpha value is -1.32. The highest BCUT2D eigenvalue weighted by Gasteiger charge is 2.28. The van der Waals surface area contributed by atoms with Crippen LogP contribution in [0.5, 0.6) is 5.75 Å². The molecule has 3 rings (SSSR count). The van der Waals surface area contributed by atoms with E-state index in [1.54, 1.807) is 0 Å². The fraction of sp³-hybridized carbons (Fsp3) is 0.438. The van der Waals surface area contributed by atoms with Crippen LogP contribution in [0.2, 0.25) is 5.02 Å². The molecule has 0 saturated heterocycles. The first-order valence-electron chi connectivity index (χ1n) is 6.89. The lowest BCUT2D eigenvalue weighted by Crippen LogP contribution is -2.47.